The zero-order chi connectivity index (χ0) is 12.6. The third-order valence-electron chi connectivity index (χ3n) is 3.46. The minimum Gasteiger partial charge on any atom is -0.497 e. The summed E-state index contributed by atoms with van der Waals surface area (Å²) in [5.41, 5.74) is 0.274. The Bertz CT molecular complexity index is 491. The summed E-state index contributed by atoms with van der Waals surface area (Å²) in [6.07, 6.45) is 3.87. The van der Waals surface area contributed by atoms with Gasteiger partial charge in [-0.25, -0.2) is 0 Å². The predicted octanol–water partition coefficient (Wildman–Crippen LogP) is 1.66. The molecule has 0 amide bonds. The van der Waals surface area contributed by atoms with E-state index in [1.54, 1.807) is 7.11 Å². The molecule has 2 aliphatic rings. The second-order valence-corrected chi connectivity index (χ2v) is 4.48. The number of esters is 1. The van der Waals surface area contributed by atoms with Crippen molar-refractivity contribution >= 4 is 5.97 Å². The molecule has 0 aliphatic carbocycles. The van der Waals surface area contributed by atoms with Crippen molar-refractivity contribution in [1.29, 1.82) is 0 Å². The molecule has 0 radical (unpaired) electrons. The minimum atomic E-state index is -0.619. The number of carbonyl (C=O) groups is 1. The smallest absolute Gasteiger partial charge is 0.316 e. The first-order chi connectivity index (χ1) is 8.75. The molecule has 0 aromatic heterocycles. The zero-order valence-corrected chi connectivity index (χ0v) is 10.1. The normalized spacial score (nSPS) is 29.8. The van der Waals surface area contributed by atoms with Crippen LogP contribution in [0.1, 0.15) is 11.5 Å². The molecule has 0 N–H and O–H groups in total. The lowest BCUT2D eigenvalue weighted by atomic mass is 9.84. The summed E-state index contributed by atoms with van der Waals surface area (Å²) in [5.74, 6) is 0.149. The number of benzene rings is 1. The van der Waals surface area contributed by atoms with Gasteiger partial charge in [0.15, 0.2) is 0 Å². The maximum atomic E-state index is 11.9. The molecule has 2 aliphatic heterocycles. The molecule has 1 spiro atoms. The quantitative estimate of drug-likeness (QED) is 0.588. The van der Waals surface area contributed by atoms with Crippen molar-refractivity contribution in [3.05, 3.63) is 42.0 Å². The van der Waals surface area contributed by atoms with E-state index < -0.39 is 5.60 Å². The van der Waals surface area contributed by atoms with E-state index in [9.17, 15) is 4.79 Å². The van der Waals surface area contributed by atoms with Crippen molar-refractivity contribution in [3.63, 3.8) is 0 Å². The van der Waals surface area contributed by atoms with Crippen LogP contribution in [0.2, 0.25) is 0 Å². The van der Waals surface area contributed by atoms with E-state index in [4.69, 9.17) is 14.2 Å². The first-order valence-corrected chi connectivity index (χ1v) is 5.87. The van der Waals surface area contributed by atoms with Gasteiger partial charge < -0.3 is 14.2 Å². The SMILES string of the molecule is COc1ccc([C@@H]2C(=O)OC[C@@]23C=CCO3)cc1. The average Bonchev–Trinajstić information content (AvgIpc) is 2.99. The van der Waals surface area contributed by atoms with Gasteiger partial charge in [-0.3, -0.25) is 4.79 Å². The lowest BCUT2D eigenvalue weighted by Gasteiger charge is -2.24. The number of hydrogen-bond donors (Lipinski definition) is 0. The van der Waals surface area contributed by atoms with Crippen molar-refractivity contribution in [2.24, 2.45) is 0 Å². The van der Waals surface area contributed by atoms with E-state index in [1.807, 2.05) is 36.4 Å². The third kappa shape index (κ3) is 1.61. The van der Waals surface area contributed by atoms with Crippen molar-refractivity contribution in [2.75, 3.05) is 20.3 Å². The third-order valence-corrected chi connectivity index (χ3v) is 3.46. The van der Waals surface area contributed by atoms with Crippen LogP contribution in [0.4, 0.5) is 0 Å². The molecule has 1 aromatic carbocycles. The lowest BCUT2D eigenvalue weighted by molar-refractivity contribution is -0.139. The van der Waals surface area contributed by atoms with Crippen LogP contribution in [-0.4, -0.2) is 31.9 Å². The Morgan fingerprint density at radius 1 is 1.33 bits per heavy atom. The second kappa shape index (κ2) is 4.14. The molecular formula is C14H14O4. The maximum absolute atomic E-state index is 11.9. The van der Waals surface area contributed by atoms with E-state index in [1.165, 1.54) is 0 Å². The Kier molecular flexibility index (Phi) is 2.59. The largest absolute Gasteiger partial charge is 0.497 e. The van der Waals surface area contributed by atoms with Gasteiger partial charge in [0.2, 0.25) is 0 Å². The van der Waals surface area contributed by atoms with Gasteiger partial charge in [-0.1, -0.05) is 18.2 Å². The molecule has 2 atom stereocenters. The fourth-order valence-corrected chi connectivity index (χ4v) is 2.53. The highest BCUT2D eigenvalue weighted by atomic mass is 16.6. The second-order valence-electron chi connectivity index (χ2n) is 4.48. The summed E-state index contributed by atoms with van der Waals surface area (Å²) >= 11 is 0. The van der Waals surface area contributed by atoms with Crippen molar-refractivity contribution in [1.82, 2.24) is 0 Å². The Balaban J connectivity index is 1.97. The highest BCUT2D eigenvalue weighted by molar-refractivity contribution is 5.83. The van der Waals surface area contributed by atoms with Crippen LogP contribution >= 0.6 is 0 Å². The Morgan fingerprint density at radius 3 is 2.72 bits per heavy atom. The molecule has 1 saturated heterocycles. The summed E-state index contributed by atoms with van der Waals surface area (Å²) in [4.78, 5) is 11.9. The Morgan fingerprint density at radius 2 is 2.11 bits per heavy atom. The molecule has 1 aromatic rings. The van der Waals surface area contributed by atoms with Gasteiger partial charge in [-0.05, 0) is 23.8 Å². The van der Waals surface area contributed by atoms with E-state index in [0.29, 0.717) is 13.2 Å². The molecule has 3 rings (SSSR count). The maximum Gasteiger partial charge on any atom is 0.316 e. The summed E-state index contributed by atoms with van der Waals surface area (Å²) < 4.78 is 16.0. The fourth-order valence-electron chi connectivity index (χ4n) is 2.53. The topological polar surface area (TPSA) is 44.8 Å². The molecule has 18 heavy (non-hydrogen) atoms. The first kappa shape index (κ1) is 11.3. The van der Waals surface area contributed by atoms with Crippen LogP contribution in [0.25, 0.3) is 0 Å². The van der Waals surface area contributed by atoms with Crippen molar-refractivity contribution in [2.45, 2.75) is 11.5 Å². The van der Waals surface area contributed by atoms with Crippen LogP contribution in [0.5, 0.6) is 5.75 Å². The number of carbonyl (C=O) groups excluding carboxylic acids is 1. The number of hydrogen-bond acceptors (Lipinski definition) is 4. The molecule has 94 valence electrons. The van der Waals surface area contributed by atoms with E-state index in [0.717, 1.165) is 11.3 Å². The van der Waals surface area contributed by atoms with Gasteiger partial charge in [0.05, 0.1) is 13.7 Å². The molecule has 1 fully saturated rings. The highest BCUT2D eigenvalue weighted by Crippen LogP contribution is 2.41. The number of methoxy groups -OCH3 is 1. The van der Waals surface area contributed by atoms with E-state index in [2.05, 4.69) is 0 Å². The van der Waals surface area contributed by atoms with Crippen LogP contribution in [0.3, 0.4) is 0 Å². The standard InChI is InChI=1S/C14H14O4/c1-16-11-5-3-10(4-6-11)12-13(15)17-9-14(12)7-2-8-18-14/h2-7,12H,8-9H2,1H3/t12-,14+/m1/s1. The number of ether oxygens (including phenoxy) is 3. The molecule has 2 heterocycles. The molecule has 0 bridgehead atoms. The van der Waals surface area contributed by atoms with E-state index in [-0.39, 0.29) is 11.9 Å². The summed E-state index contributed by atoms with van der Waals surface area (Å²) in [7, 11) is 1.61. The highest BCUT2D eigenvalue weighted by Gasteiger charge is 2.52. The first-order valence-electron chi connectivity index (χ1n) is 5.87. The lowest BCUT2D eigenvalue weighted by Crippen LogP contribution is -2.35. The van der Waals surface area contributed by atoms with Crippen molar-refractivity contribution < 1.29 is 19.0 Å². The Hall–Kier alpha value is -1.81. The van der Waals surface area contributed by atoms with Gasteiger partial charge in [-0.15, -0.1) is 0 Å². The van der Waals surface area contributed by atoms with Crippen LogP contribution in [0, 0.1) is 0 Å². The summed E-state index contributed by atoms with van der Waals surface area (Å²) in [5, 5.41) is 0. The van der Waals surface area contributed by atoms with Crippen LogP contribution < -0.4 is 4.74 Å². The zero-order valence-electron chi connectivity index (χ0n) is 10.1. The van der Waals surface area contributed by atoms with Gasteiger partial charge in [-0.2, -0.15) is 0 Å². The molecule has 4 nitrogen and oxygen atoms in total. The van der Waals surface area contributed by atoms with Crippen molar-refractivity contribution in [3.8, 4) is 5.75 Å². The molecular weight excluding hydrogens is 232 g/mol. The summed E-state index contributed by atoms with van der Waals surface area (Å²) in [6.45, 7) is 0.822. The van der Waals surface area contributed by atoms with Crippen LogP contribution in [-0.2, 0) is 14.3 Å². The number of rotatable bonds is 2. The molecule has 4 heteroatoms. The molecule has 0 unspecified atom stereocenters. The summed E-state index contributed by atoms with van der Waals surface area (Å²) in [6, 6.07) is 7.45. The fraction of sp³-hybridized carbons (Fsp3) is 0.357. The monoisotopic (exact) mass is 246 g/mol. The minimum absolute atomic E-state index is 0.230. The van der Waals surface area contributed by atoms with Gasteiger partial charge in [0.25, 0.3) is 0 Å². The van der Waals surface area contributed by atoms with Gasteiger partial charge >= 0.3 is 5.97 Å². The van der Waals surface area contributed by atoms with Gasteiger partial charge in [0.1, 0.15) is 23.9 Å². The predicted molar refractivity (Wildman–Crippen MR) is 64.5 cm³/mol. The number of cyclic esters (lactones) is 1. The van der Waals surface area contributed by atoms with Gasteiger partial charge in [0, 0.05) is 0 Å². The van der Waals surface area contributed by atoms with Crippen LogP contribution in [0.15, 0.2) is 36.4 Å². The van der Waals surface area contributed by atoms with E-state index >= 15 is 0 Å². The average molecular weight is 246 g/mol. The Labute approximate surface area is 105 Å². The molecule has 0 saturated carbocycles.